The van der Waals surface area contributed by atoms with E-state index >= 15 is 0 Å². The predicted octanol–water partition coefficient (Wildman–Crippen LogP) is 1.05. The summed E-state index contributed by atoms with van der Waals surface area (Å²) < 4.78 is 5.37. The summed E-state index contributed by atoms with van der Waals surface area (Å²) in [6.07, 6.45) is 5.54. The van der Waals surface area contributed by atoms with Gasteiger partial charge in [-0.15, -0.1) is 0 Å². The molecule has 2 unspecified atom stereocenters. The quantitative estimate of drug-likeness (QED) is 0.640. The molecule has 0 radical (unpaired) electrons. The fourth-order valence-electron chi connectivity index (χ4n) is 1.98. The van der Waals surface area contributed by atoms with E-state index in [1.54, 1.807) is 0 Å². The Labute approximate surface area is 97.9 Å². The zero-order valence-electron chi connectivity index (χ0n) is 10.2. The van der Waals surface area contributed by atoms with Gasteiger partial charge in [-0.25, -0.2) is 0 Å². The number of nitrogens with one attached hydrogen (secondary N) is 1. The highest BCUT2D eigenvalue weighted by Crippen LogP contribution is 2.18. The van der Waals surface area contributed by atoms with Crippen LogP contribution in [0.1, 0.15) is 39.0 Å². The summed E-state index contributed by atoms with van der Waals surface area (Å²) >= 11 is 0. The van der Waals surface area contributed by atoms with Crippen LogP contribution in [0.5, 0.6) is 0 Å². The second-order valence-corrected chi connectivity index (χ2v) is 4.57. The molecule has 1 fully saturated rings. The van der Waals surface area contributed by atoms with Crippen LogP contribution in [0, 0.1) is 5.92 Å². The fourth-order valence-corrected chi connectivity index (χ4v) is 1.98. The van der Waals surface area contributed by atoms with Crippen LogP contribution in [0.2, 0.25) is 0 Å². The van der Waals surface area contributed by atoms with Crippen molar-refractivity contribution >= 4 is 5.91 Å². The highest BCUT2D eigenvalue weighted by atomic mass is 16.5. The van der Waals surface area contributed by atoms with Crippen LogP contribution >= 0.6 is 0 Å². The van der Waals surface area contributed by atoms with E-state index in [1.165, 1.54) is 0 Å². The van der Waals surface area contributed by atoms with Crippen molar-refractivity contribution in [3.63, 3.8) is 0 Å². The molecule has 2 atom stereocenters. The average Bonchev–Trinajstić information content (AvgIpc) is 2.70. The van der Waals surface area contributed by atoms with Crippen molar-refractivity contribution in [1.29, 1.82) is 0 Å². The van der Waals surface area contributed by atoms with Crippen LogP contribution < -0.4 is 11.1 Å². The molecule has 0 spiro atoms. The van der Waals surface area contributed by atoms with Crippen LogP contribution in [-0.4, -0.2) is 31.7 Å². The van der Waals surface area contributed by atoms with Gasteiger partial charge in [-0.05, 0) is 32.7 Å². The topological polar surface area (TPSA) is 64.4 Å². The summed E-state index contributed by atoms with van der Waals surface area (Å²) in [5.41, 5.74) is 5.40. The van der Waals surface area contributed by atoms with E-state index < -0.39 is 0 Å². The molecule has 1 heterocycles. The molecule has 1 rings (SSSR count). The summed E-state index contributed by atoms with van der Waals surface area (Å²) in [5.74, 6) is 0.224. The molecule has 0 aromatic rings. The number of nitrogens with two attached hydrogens (primary N) is 1. The van der Waals surface area contributed by atoms with Crippen LogP contribution in [0.3, 0.4) is 0 Å². The number of amides is 1. The molecule has 1 saturated heterocycles. The average molecular weight is 228 g/mol. The van der Waals surface area contributed by atoms with E-state index in [2.05, 4.69) is 5.32 Å². The van der Waals surface area contributed by atoms with Gasteiger partial charge in [-0.2, -0.15) is 0 Å². The van der Waals surface area contributed by atoms with Gasteiger partial charge in [0.25, 0.3) is 0 Å². The normalized spacial score (nSPS) is 24.6. The Hall–Kier alpha value is -0.610. The first-order valence-electron chi connectivity index (χ1n) is 6.33. The maximum atomic E-state index is 11.7. The molecule has 1 amide bonds. The molecule has 0 bridgehead atoms. The Morgan fingerprint density at radius 2 is 2.12 bits per heavy atom. The lowest BCUT2D eigenvalue weighted by Crippen LogP contribution is -2.31. The van der Waals surface area contributed by atoms with Crippen molar-refractivity contribution < 1.29 is 9.53 Å². The first kappa shape index (κ1) is 13.5. The minimum absolute atomic E-state index is 0.0686. The molecule has 4 heteroatoms. The van der Waals surface area contributed by atoms with Gasteiger partial charge in [0, 0.05) is 6.54 Å². The van der Waals surface area contributed by atoms with E-state index in [9.17, 15) is 4.79 Å². The molecule has 0 saturated carbocycles. The second-order valence-electron chi connectivity index (χ2n) is 4.57. The minimum Gasteiger partial charge on any atom is -0.378 e. The third-order valence-electron chi connectivity index (χ3n) is 3.00. The Morgan fingerprint density at radius 3 is 2.75 bits per heavy atom. The zero-order valence-corrected chi connectivity index (χ0v) is 10.2. The molecular weight excluding hydrogens is 204 g/mol. The molecule has 16 heavy (non-hydrogen) atoms. The predicted molar refractivity (Wildman–Crippen MR) is 64.1 cm³/mol. The molecule has 94 valence electrons. The standard InChI is InChI=1S/C12H24N2O2/c1-10-8-11(9-16-10)12(15)14-7-5-3-2-4-6-13/h10-11H,2-9,13H2,1H3,(H,14,15). The molecule has 1 aliphatic heterocycles. The fraction of sp³-hybridized carbons (Fsp3) is 0.917. The first-order valence-corrected chi connectivity index (χ1v) is 6.33. The number of unbranched alkanes of at least 4 members (excludes halogenated alkanes) is 3. The third-order valence-corrected chi connectivity index (χ3v) is 3.00. The van der Waals surface area contributed by atoms with E-state index in [-0.39, 0.29) is 17.9 Å². The Bertz CT molecular complexity index is 209. The van der Waals surface area contributed by atoms with Crippen molar-refractivity contribution in [3.8, 4) is 0 Å². The molecular formula is C12H24N2O2. The number of carbonyl (C=O) groups is 1. The van der Waals surface area contributed by atoms with E-state index in [0.29, 0.717) is 6.61 Å². The summed E-state index contributed by atoms with van der Waals surface area (Å²) in [6.45, 7) is 4.15. The number of hydrogen-bond acceptors (Lipinski definition) is 3. The van der Waals surface area contributed by atoms with Crippen LogP contribution in [0.4, 0.5) is 0 Å². The summed E-state index contributed by atoms with van der Waals surface area (Å²) in [7, 11) is 0. The Kier molecular flexibility index (Phi) is 6.42. The van der Waals surface area contributed by atoms with E-state index in [4.69, 9.17) is 10.5 Å². The van der Waals surface area contributed by atoms with Gasteiger partial charge in [0.15, 0.2) is 0 Å². The maximum absolute atomic E-state index is 11.7. The first-order chi connectivity index (χ1) is 7.74. The van der Waals surface area contributed by atoms with Gasteiger partial charge in [-0.1, -0.05) is 12.8 Å². The molecule has 0 aliphatic carbocycles. The van der Waals surface area contributed by atoms with Crippen molar-refractivity contribution in [3.05, 3.63) is 0 Å². The number of carbonyl (C=O) groups excluding carboxylic acids is 1. The van der Waals surface area contributed by atoms with Crippen molar-refractivity contribution in [1.82, 2.24) is 5.32 Å². The van der Waals surface area contributed by atoms with E-state index in [0.717, 1.165) is 45.2 Å². The monoisotopic (exact) mass is 228 g/mol. The molecule has 0 aromatic heterocycles. The molecule has 0 aromatic carbocycles. The summed E-state index contributed by atoms with van der Waals surface area (Å²) in [4.78, 5) is 11.7. The Balaban J connectivity index is 1.98. The van der Waals surface area contributed by atoms with Gasteiger partial charge < -0.3 is 15.8 Å². The summed E-state index contributed by atoms with van der Waals surface area (Å²) in [6, 6.07) is 0. The minimum atomic E-state index is 0.0686. The number of rotatable bonds is 7. The van der Waals surface area contributed by atoms with Crippen molar-refractivity contribution in [2.45, 2.75) is 45.1 Å². The highest BCUT2D eigenvalue weighted by Gasteiger charge is 2.27. The lowest BCUT2D eigenvalue weighted by Gasteiger charge is -2.09. The smallest absolute Gasteiger partial charge is 0.225 e. The number of hydrogen-bond donors (Lipinski definition) is 2. The summed E-state index contributed by atoms with van der Waals surface area (Å²) in [5, 5.41) is 2.97. The zero-order chi connectivity index (χ0) is 11.8. The van der Waals surface area contributed by atoms with E-state index in [1.807, 2.05) is 6.92 Å². The van der Waals surface area contributed by atoms with Gasteiger partial charge in [-0.3, -0.25) is 4.79 Å². The lowest BCUT2D eigenvalue weighted by molar-refractivity contribution is -0.124. The molecule has 4 nitrogen and oxygen atoms in total. The van der Waals surface area contributed by atoms with Gasteiger partial charge >= 0.3 is 0 Å². The second kappa shape index (κ2) is 7.63. The van der Waals surface area contributed by atoms with Crippen molar-refractivity contribution in [2.24, 2.45) is 11.7 Å². The van der Waals surface area contributed by atoms with Gasteiger partial charge in [0.1, 0.15) is 0 Å². The van der Waals surface area contributed by atoms with Gasteiger partial charge in [0.2, 0.25) is 5.91 Å². The SMILES string of the molecule is CC1CC(C(=O)NCCCCCCN)CO1. The number of ether oxygens (including phenoxy) is 1. The van der Waals surface area contributed by atoms with Crippen LogP contribution in [-0.2, 0) is 9.53 Å². The molecule has 1 aliphatic rings. The highest BCUT2D eigenvalue weighted by molar-refractivity contribution is 5.79. The Morgan fingerprint density at radius 1 is 1.38 bits per heavy atom. The largest absolute Gasteiger partial charge is 0.378 e. The maximum Gasteiger partial charge on any atom is 0.225 e. The van der Waals surface area contributed by atoms with Crippen molar-refractivity contribution in [2.75, 3.05) is 19.7 Å². The van der Waals surface area contributed by atoms with Crippen LogP contribution in [0.15, 0.2) is 0 Å². The van der Waals surface area contributed by atoms with Gasteiger partial charge in [0.05, 0.1) is 18.6 Å². The lowest BCUT2D eigenvalue weighted by atomic mass is 10.1. The molecule has 3 N–H and O–H groups in total. The van der Waals surface area contributed by atoms with Crippen LogP contribution in [0.25, 0.3) is 0 Å². The third kappa shape index (κ3) is 4.94.